The number of hydrogen-bond donors (Lipinski definition) is 5. The summed E-state index contributed by atoms with van der Waals surface area (Å²) >= 11 is 0. The van der Waals surface area contributed by atoms with Crippen molar-refractivity contribution in [1.82, 2.24) is 20.9 Å². The Morgan fingerprint density at radius 1 is 1.02 bits per heavy atom. The number of fused-ring (bicyclic) bond motifs is 1. The topological polar surface area (TPSA) is 194 Å². The van der Waals surface area contributed by atoms with Gasteiger partial charge in [0.25, 0.3) is 0 Å². The SMILES string of the molecule is CCC(C)[C@H](NC(=O)Cc1c[nH]c2ccccc12)C(=O)NCCOP(=O)(O)OC[C@@H](COCC[C@@H](C)OC(C)=O)NC(C)=O. The highest BCUT2D eigenvalue weighted by Gasteiger charge is 2.27. The van der Waals surface area contributed by atoms with Crippen molar-refractivity contribution >= 4 is 42.4 Å². The minimum absolute atomic E-state index is 0.0224. The monoisotopic (exact) mass is 640 g/mol. The Hall–Kier alpha value is -3.29. The molecule has 44 heavy (non-hydrogen) atoms. The first kappa shape index (κ1) is 36.9. The van der Waals surface area contributed by atoms with Crippen molar-refractivity contribution in [3.8, 4) is 0 Å². The third-order valence-corrected chi connectivity index (χ3v) is 7.68. The molecule has 1 aromatic carbocycles. The van der Waals surface area contributed by atoms with Crippen LogP contribution < -0.4 is 16.0 Å². The number of hydrogen-bond acceptors (Lipinski definition) is 9. The highest BCUT2D eigenvalue weighted by atomic mass is 31.2. The average Bonchev–Trinajstić information content (AvgIpc) is 3.36. The van der Waals surface area contributed by atoms with Crippen molar-refractivity contribution in [3.63, 3.8) is 0 Å². The molecule has 0 bridgehead atoms. The van der Waals surface area contributed by atoms with Crippen LogP contribution in [-0.2, 0) is 48.7 Å². The van der Waals surface area contributed by atoms with E-state index in [-0.39, 0.29) is 57.3 Å². The van der Waals surface area contributed by atoms with Gasteiger partial charge in [-0.05, 0) is 24.5 Å². The van der Waals surface area contributed by atoms with Gasteiger partial charge >= 0.3 is 13.8 Å². The number of ether oxygens (including phenoxy) is 2. The number of para-hydroxylation sites is 1. The Balaban J connectivity index is 1.79. The molecule has 1 aromatic heterocycles. The molecule has 1 heterocycles. The summed E-state index contributed by atoms with van der Waals surface area (Å²) in [4.78, 5) is 61.5. The van der Waals surface area contributed by atoms with Gasteiger partial charge in [-0.15, -0.1) is 0 Å². The molecule has 3 amide bonds. The quantitative estimate of drug-likeness (QED) is 0.0815. The van der Waals surface area contributed by atoms with E-state index in [9.17, 15) is 28.6 Å². The first-order chi connectivity index (χ1) is 20.8. The molecule has 5 N–H and O–H groups in total. The molecule has 0 saturated heterocycles. The molecule has 5 atom stereocenters. The summed E-state index contributed by atoms with van der Waals surface area (Å²) in [5.41, 5.74) is 1.73. The number of carbonyl (C=O) groups is 4. The summed E-state index contributed by atoms with van der Waals surface area (Å²) in [6, 6.07) is 6.06. The number of rotatable bonds is 20. The van der Waals surface area contributed by atoms with E-state index < -0.39 is 37.7 Å². The van der Waals surface area contributed by atoms with Crippen molar-refractivity contribution in [2.75, 3.05) is 33.0 Å². The van der Waals surface area contributed by atoms with Crippen LogP contribution in [0.5, 0.6) is 0 Å². The Bertz CT molecular complexity index is 1290. The van der Waals surface area contributed by atoms with E-state index >= 15 is 0 Å². The first-order valence-electron chi connectivity index (χ1n) is 14.6. The summed E-state index contributed by atoms with van der Waals surface area (Å²) in [5, 5.41) is 8.94. The van der Waals surface area contributed by atoms with E-state index in [0.717, 1.165) is 16.5 Å². The van der Waals surface area contributed by atoms with Crippen LogP contribution in [0.15, 0.2) is 30.5 Å². The number of benzene rings is 1. The molecule has 0 aliphatic heterocycles. The van der Waals surface area contributed by atoms with Gasteiger partial charge in [0.1, 0.15) is 12.1 Å². The summed E-state index contributed by atoms with van der Waals surface area (Å²) in [7, 11) is -4.53. The number of esters is 1. The predicted molar refractivity (Wildman–Crippen MR) is 162 cm³/mol. The smallest absolute Gasteiger partial charge is 0.463 e. The lowest BCUT2D eigenvalue weighted by Gasteiger charge is -2.24. The molecule has 2 rings (SSSR count). The average molecular weight is 641 g/mol. The van der Waals surface area contributed by atoms with Crippen LogP contribution in [0.2, 0.25) is 0 Å². The van der Waals surface area contributed by atoms with Crippen molar-refractivity contribution in [2.24, 2.45) is 5.92 Å². The largest absolute Gasteiger partial charge is 0.472 e. The van der Waals surface area contributed by atoms with Gasteiger partial charge in [-0.2, -0.15) is 0 Å². The molecule has 246 valence electrons. The fourth-order valence-electron chi connectivity index (χ4n) is 4.28. The lowest BCUT2D eigenvalue weighted by atomic mass is 9.98. The maximum Gasteiger partial charge on any atom is 0.472 e. The molecule has 0 aliphatic rings. The van der Waals surface area contributed by atoms with E-state index in [1.807, 2.05) is 38.1 Å². The normalized spacial score (nSPS) is 15.4. The predicted octanol–water partition coefficient (Wildman–Crippen LogP) is 2.35. The highest BCUT2D eigenvalue weighted by Crippen LogP contribution is 2.42. The first-order valence-corrected chi connectivity index (χ1v) is 16.1. The maximum atomic E-state index is 12.9. The number of H-pyrrole nitrogens is 1. The molecular weight excluding hydrogens is 595 g/mol. The van der Waals surface area contributed by atoms with Gasteiger partial charge in [-0.1, -0.05) is 38.5 Å². The van der Waals surface area contributed by atoms with Crippen LogP contribution in [0.25, 0.3) is 10.9 Å². The second kappa shape index (κ2) is 18.5. The van der Waals surface area contributed by atoms with E-state index in [1.54, 1.807) is 13.1 Å². The Morgan fingerprint density at radius 3 is 2.43 bits per heavy atom. The van der Waals surface area contributed by atoms with E-state index in [2.05, 4.69) is 20.9 Å². The molecule has 15 heteroatoms. The molecular formula is C29H45N4O10P. The number of aromatic amines is 1. The maximum absolute atomic E-state index is 12.9. The molecule has 2 aromatic rings. The second-order valence-corrected chi connectivity index (χ2v) is 12.0. The van der Waals surface area contributed by atoms with Gasteiger partial charge in [0.15, 0.2) is 0 Å². The van der Waals surface area contributed by atoms with Gasteiger partial charge in [0.2, 0.25) is 17.7 Å². The van der Waals surface area contributed by atoms with E-state index in [1.165, 1.54) is 13.8 Å². The number of aromatic nitrogens is 1. The molecule has 0 aliphatic carbocycles. The number of nitrogens with one attached hydrogen (secondary N) is 4. The van der Waals surface area contributed by atoms with Gasteiger partial charge in [-0.3, -0.25) is 28.2 Å². The molecule has 0 radical (unpaired) electrons. The zero-order valence-electron chi connectivity index (χ0n) is 25.9. The number of amides is 3. The standard InChI is InChI=1S/C29H45N4O10P/c1-6-19(2)28(33-27(36)15-23-16-31-26-10-8-7-9-25(23)26)29(37)30-12-14-41-44(38,39)42-18-24(32-21(4)34)17-40-13-11-20(3)43-22(5)35/h7-10,16,19-20,24,28,31H,6,11-15,17-18H2,1-5H3,(H,30,37)(H,32,34)(H,33,36)(H,38,39)/t19?,20-,24-,28+/m1/s1. The van der Waals surface area contributed by atoms with Crippen LogP contribution in [-0.4, -0.2) is 84.7 Å². The van der Waals surface area contributed by atoms with Crippen LogP contribution in [0.3, 0.4) is 0 Å². The van der Waals surface area contributed by atoms with E-state index in [0.29, 0.717) is 12.8 Å². The molecule has 0 fully saturated rings. The van der Waals surface area contributed by atoms with Gasteiger partial charge in [-0.25, -0.2) is 4.57 Å². The minimum atomic E-state index is -4.53. The number of carbonyl (C=O) groups excluding carboxylic acids is 4. The molecule has 0 saturated carbocycles. The summed E-state index contributed by atoms with van der Waals surface area (Å²) < 4.78 is 32.9. The minimum Gasteiger partial charge on any atom is -0.463 e. The van der Waals surface area contributed by atoms with Crippen LogP contribution in [0.1, 0.15) is 53.0 Å². The number of phosphoric acid groups is 1. The fourth-order valence-corrected chi connectivity index (χ4v) is 5.04. The molecule has 0 spiro atoms. The van der Waals surface area contributed by atoms with Gasteiger partial charge < -0.3 is 35.3 Å². The lowest BCUT2D eigenvalue weighted by molar-refractivity contribution is -0.146. The van der Waals surface area contributed by atoms with Crippen molar-refractivity contribution in [2.45, 2.75) is 72.1 Å². The Morgan fingerprint density at radius 2 is 1.75 bits per heavy atom. The third kappa shape index (κ3) is 13.6. The van der Waals surface area contributed by atoms with Crippen LogP contribution in [0, 0.1) is 5.92 Å². The molecule has 14 nitrogen and oxygen atoms in total. The summed E-state index contributed by atoms with van der Waals surface area (Å²) in [6.07, 6.45) is 2.57. The summed E-state index contributed by atoms with van der Waals surface area (Å²) in [6.45, 7) is 7.42. The van der Waals surface area contributed by atoms with E-state index in [4.69, 9.17) is 18.5 Å². The molecule has 2 unspecified atom stereocenters. The fraction of sp³-hybridized carbons (Fsp3) is 0.586. The lowest BCUT2D eigenvalue weighted by Crippen LogP contribution is -2.51. The van der Waals surface area contributed by atoms with Crippen LogP contribution in [0.4, 0.5) is 0 Å². The highest BCUT2D eigenvalue weighted by molar-refractivity contribution is 7.47. The second-order valence-electron chi connectivity index (χ2n) is 10.5. The van der Waals surface area contributed by atoms with Crippen molar-refractivity contribution < 1.29 is 47.2 Å². The number of phosphoric ester groups is 1. The van der Waals surface area contributed by atoms with Gasteiger partial charge in [0.05, 0.1) is 38.9 Å². The third-order valence-electron chi connectivity index (χ3n) is 6.69. The zero-order chi connectivity index (χ0) is 32.7. The van der Waals surface area contributed by atoms with Crippen molar-refractivity contribution in [3.05, 3.63) is 36.0 Å². The van der Waals surface area contributed by atoms with Gasteiger partial charge in [0, 0.05) is 43.9 Å². The Kier molecular flexibility index (Phi) is 15.5. The van der Waals surface area contributed by atoms with Crippen LogP contribution >= 0.6 is 7.82 Å². The zero-order valence-corrected chi connectivity index (χ0v) is 26.8. The summed E-state index contributed by atoms with van der Waals surface area (Å²) in [5.74, 6) is -1.73. The van der Waals surface area contributed by atoms with Crippen molar-refractivity contribution in [1.29, 1.82) is 0 Å². The Labute approximate surface area is 257 Å².